The Morgan fingerprint density at radius 1 is 1.12 bits per heavy atom. The van der Waals surface area contributed by atoms with Crippen LogP contribution in [0, 0.1) is 6.92 Å². The maximum Gasteiger partial charge on any atom is 0.416 e. The topological polar surface area (TPSA) is 49.8 Å². The summed E-state index contributed by atoms with van der Waals surface area (Å²) >= 11 is 6.02. The van der Waals surface area contributed by atoms with Gasteiger partial charge < -0.3 is 10.6 Å². The Morgan fingerprint density at radius 3 is 2.52 bits per heavy atom. The van der Waals surface area contributed by atoms with Crippen LogP contribution in [0.4, 0.5) is 30.6 Å². The second kappa shape index (κ2) is 7.07. The van der Waals surface area contributed by atoms with Gasteiger partial charge in [0.05, 0.1) is 16.3 Å². The van der Waals surface area contributed by atoms with Gasteiger partial charge in [-0.05, 0) is 38.0 Å². The quantitative estimate of drug-likeness (QED) is 0.740. The minimum Gasteiger partial charge on any atom is -0.351 e. The number of hydrogen-bond donors (Lipinski definition) is 2. The molecule has 1 aromatic heterocycles. The van der Waals surface area contributed by atoms with Crippen molar-refractivity contribution in [1.82, 2.24) is 9.97 Å². The van der Waals surface area contributed by atoms with Crippen LogP contribution in [0.5, 0.6) is 0 Å². The van der Waals surface area contributed by atoms with Gasteiger partial charge in [-0.25, -0.2) is 4.98 Å². The van der Waals surface area contributed by atoms with Crippen molar-refractivity contribution in [2.75, 3.05) is 10.6 Å². The third-order valence-corrected chi connectivity index (χ3v) is 4.43. The number of aryl methyl sites for hydroxylation is 1. The van der Waals surface area contributed by atoms with Gasteiger partial charge in [-0.2, -0.15) is 18.2 Å². The Kier molecular flexibility index (Phi) is 5.03. The fourth-order valence-electron chi connectivity index (χ4n) is 2.89. The number of benzene rings is 1. The Hall–Kier alpha value is -2.02. The molecule has 0 aliphatic heterocycles. The van der Waals surface area contributed by atoms with Crippen LogP contribution in [0.15, 0.2) is 24.3 Å². The Labute approximate surface area is 148 Å². The molecule has 3 rings (SSSR count). The zero-order chi connectivity index (χ0) is 18.0. The number of alkyl halides is 3. The van der Waals surface area contributed by atoms with E-state index in [4.69, 9.17) is 11.6 Å². The summed E-state index contributed by atoms with van der Waals surface area (Å²) in [6.45, 7) is 1.81. The van der Waals surface area contributed by atoms with Gasteiger partial charge in [0.2, 0.25) is 5.95 Å². The van der Waals surface area contributed by atoms with Crippen LogP contribution in [0.25, 0.3) is 0 Å². The van der Waals surface area contributed by atoms with E-state index in [2.05, 4.69) is 20.6 Å². The summed E-state index contributed by atoms with van der Waals surface area (Å²) in [5, 5.41) is 6.34. The first-order chi connectivity index (χ1) is 11.8. The lowest BCUT2D eigenvalue weighted by Crippen LogP contribution is -2.17. The van der Waals surface area contributed by atoms with E-state index in [1.54, 1.807) is 13.0 Å². The maximum atomic E-state index is 12.9. The molecule has 1 aliphatic carbocycles. The van der Waals surface area contributed by atoms with E-state index in [0.717, 1.165) is 25.0 Å². The smallest absolute Gasteiger partial charge is 0.351 e. The number of hydrogen-bond acceptors (Lipinski definition) is 4. The number of halogens is 4. The summed E-state index contributed by atoms with van der Waals surface area (Å²) < 4.78 is 38.7. The van der Waals surface area contributed by atoms with E-state index >= 15 is 0 Å². The molecule has 25 heavy (non-hydrogen) atoms. The summed E-state index contributed by atoms with van der Waals surface area (Å²) in [5.74, 6) is 0.867. The molecule has 8 heteroatoms. The Morgan fingerprint density at radius 2 is 1.84 bits per heavy atom. The highest BCUT2D eigenvalue weighted by Crippen LogP contribution is 2.35. The lowest BCUT2D eigenvalue weighted by molar-refractivity contribution is -0.137. The molecule has 0 saturated heterocycles. The Bertz CT molecular complexity index is 758. The minimum atomic E-state index is -4.43. The molecule has 1 heterocycles. The van der Waals surface area contributed by atoms with E-state index in [1.165, 1.54) is 18.9 Å². The molecule has 0 unspecified atom stereocenters. The first-order valence-electron chi connectivity index (χ1n) is 8.07. The van der Waals surface area contributed by atoms with Crippen LogP contribution in [-0.2, 0) is 6.18 Å². The molecule has 0 amide bonds. The second-order valence-electron chi connectivity index (χ2n) is 6.16. The fourth-order valence-corrected chi connectivity index (χ4v) is 3.05. The Balaban J connectivity index is 1.83. The number of anilines is 3. The molecular formula is C17H18ClF3N4. The monoisotopic (exact) mass is 370 g/mol. The van der Waals surface area contributed by atoms with Crippen LogP contribution >= 0.6 is 11.6 Å². The van der Waals surface area contributed by atoms with Gasteiger partial charge >= 0.3 is 6.18 Å². The minimum absolute atomic E-state index is 0.154. The highest BCUT2D eigenvalue weighted by Gasteiger charge is 2.31. The molecule has 1 aromatic carbocycles. The molecule has 2 aromatic rings. The number of nitrogens with one attached hydrogen (secondary N) is 2. The number of rotatable bonds is 4. The molecule has 1 aliphatic rings. The van der Waals surface area contributed by atoms with E-state index in [-0.39, 0.29) is 10.7 Å². The third kappa shape index (κ3) is 4.54. The van der Waals surface area contributed by atoms with Crippen molar-refractivity contribution in [1.29, 1.82) is 0 Å². The van der Waals surface area contributed by atoms with Crippen molar-refractivity contribution < 1.29 is 13.2 Å². The molecule has 0 radical (unpaired) electrons. The predicted octanol–water partition coefficient (Wildman–Crippen LogP) is 5.56. The first kappa shape index (κ1) is 17.8. The van der Waals surface area contributed by atoms with Crippen molar-refractivity contribution in [2.24, 2.45) is 0 Å². The highest BCUT2D eigenvalue weighted by molar-refractivity contribution is 6.33. The van der Waals surface area contributed by atoms with Crippen LogP contribution in [0.3, 0.4) is 0 Å². The first-order valence-corrected chi connectivity index (χ1v) is 8.45. The highest BCUT2D eigenvalue weighted by atomic mass is 35.5. The van der Waals surface area contributed by atoms with Gasteiger partial charge in [0, 0.05) is 17.8 Å². The van der Waals surface area contributed by atoms with E-state index in [1.807, 2.05) is 0 Å². The van der Waals surface area contributed by atoms with Gasteiger partial charge in [-0.1, -0.05) is 24.4 Å². The molecule has 2 N–H and O–H groups in total. The standard InChI is InChI=1S/C17H18ClF3N4/c1-10-8-15(25-16(22-10)23-12-4-2-3-5-12)24-14-9-11(17(19,20)21)6-7-13(14)18/h6-9,12H,2-5H2,1H3,(H2,22,23,24,25). The van der Waals surface area contributed by atoms with Crippen LogP contribution < -0.4 is 10.6 Å². The number of aromatic nitrogens is 2. The summed E-state index contributed by atoms with van der Waals surface area (Å²) in [5.41, 5.74) is 0.0944. The lowest BCUT2D eigenvalue weighted by Gasteiger charge is -2.15. The average molecular weight is 371 g/mol. The van der Waals surface area contributed by atoms with Gasteiger partial charge in [-0.15, -0.1) is 0 Å². The SMILES string of the molecule is Cc1cc(Nc2cc(C(F)(F)F)ccc2Cl)nc(NC2CCCC2)n1. The zero-order valence-corrected chi connectivity index (χ0v) is 14.4. The van der Waals surface area contributed by atoms with Gasteiger partial charge in [-0.3, -0.25) is 0 Å². The van der Waals surface area contributed by atoms with Crippen molar-refractivity contribution >= 4 is 29.1 Å². The number of nitrogens with zero attached hydrogens (tertiary/aromatic N) is 2. The predicted molar refractivity (Wildman–Crippen MR) is 92.4 cm³/mol. The molecule has 0 spiro atoms. The van der Waals surface area contributed by atoms with Crippen molar-refractivity contribution in [3.05, 3.63) is 40.5 Å². The molecule has 134 valence electrons. The summed E-state index contributed by atoms with van der Waals surface area (Å²) in [6.07, 6.45) is 0.0553. The van der Waals surface area contributed by atoms with Crippen molar-refractivity contribution in [3.8, 4) is 0 Å². The second-order valence-corrected chi connectivity index (χ2v) is 6.57. The van der Waals surface area contributed by atoms with Gasteiger partial charge in [0.25, 0.3) is 0 Å². The van der Waals surface area contributed by atoms with Crippen LogP contribution in [-0.4, -0.2) is 16.0 Å². The molecule has 0 atom stereocenters. The molecule has 0 bridgehead atoms. The largest absolute Gasteiger partial charge is 0.416 e. The fraction of sp³-hybridized carbons (Fsp3) is 0.412. The average Bonchev–Trinajstić information content (AvgIpc) is 3.00. The zero-order valence-electron chi connectivity index (χ0n) is 13.6. The molecule has 4 nitrogen and oxygen atoms in total. The molecule has 1 fully saturated rings. The summed E-state index contributed by atoms with van der Waals surface area (Å²) in [4.78, 5) is 8.70. The van der Waals surface area contributed by atoms with Crippen molar-refractivity contribution in [3.63, 3.8) is 0 Å². The van der Waals surface area contributed by atoms with E-state index < -0.39 is 11.7 Å². The summed E-state index contributed by atoms with van der Waals surface area (Å²) in [6, 6.07) is 5.15. The molecule has 1 saturated carbocycles. The third-order valence-electron chi connectivity index (χ3n) is 4.10. The van der Waals surface area contributed by atoms with Gasteiger partial charge in [0.1, 0.15) is 5.82 Å². The summed E-state index contributed by atoms with van der Waals surface area (Å²) in [7, 11) is 0. The lowest BCUT2D eigenvalue weighted by atomic mass is 10.2. The van der Waals surface area contributed by atoms with Gasteiger partial charge in [0.15, 0.2) is 0 Å². The maximum absolute atomic E-state index is 12.9. The van der Waals surface area contributed by atoms with Crippen LogP contribution in [0.1, 0.15) is 36.9 Å². The van der Waals surface area contributed by atoms with Crippen LogP contribution in [0.2, 0.25) is 5.02 Å². The van der Waals surface area contributed by atoms with Crippen molar-refractivity contribution in [2.45, 2.75) is 44.8 Å². The van der Waals surface area contributed by atoms with E-state index in [0.29, 0.717) is 23.5 Å². The van der Waals surface area contributed by atoms with E-state index in [9.17, 15) is 13.2 Å². The normalized spacial score (nSPS) is 15.4. The molecular weight excluding hydrogens is 353 g/mol.